The molecule has 20 heavy (non-hydrogen) atoms. The number of nitrogens with one attached hydrogen (secondary N) is 1. The van der Waals surface area contributed by atoms with Gasteiger partial charge in [-0.15, -0.1) is 0 Å². The Bertz CT molecular complexity index is 727. The summed E-state index contributed by atoms with van der Waals surface area (Å²) in [5.41, 5.74) is 1.40. The van der Waals surface area contributed by atoms with Crippen molar-refractivity contribution in [3.05, 3.63) is 35.8 Å². The third kappa shape index (κ3) is 2.16. The van der Waals surface area contributed by atoms with E-state index in [0.717, 1.165) is 10.9 Å². The Balaban J connectivity index is 2.01. The number of hydrogen-bond acceptors (Lipinski definition) is 5. The highest BCUT2D eigenvalue weighted by atomic mass is 16.2. The minimum absolute atomic E-state index is 0.109. The van der Waals surface area contributed by atoms with Crippen LogP contribution in [0.15, 0.2) is 24.4 Å². The van der Waals surface area contributed by atoms with E-state index in [1.807, 2.05) is 12.1 Å². The number of rotatable bonds is 2. The van der Waals surface area contributed by atoms with E-state index in [1.165, 1.54) is 0 Å². The lowest BCUT2D eigenvalue weighted by molar-refractivity contribution is -0.134. The lowest BCUT2D eigenvalue weighted by atomic mass is 9.90. The molecule has 2 heterocycles. The first-order valence-electron chi connectivity index (χ1n) is 6.23. The van der Waals surface area contributed by atoms with E-state index in [2.05, 4.69) is 15.3 Å². The van der Waals surface area contributed by atoms with Crippen LogP contribution < -0.4 is 5.32 Å². The molecule has 1 aromatic heterocycles. The topological polar surface area (TPSA) is 89.0 Å². The van der Waals surface area contributed by atoms with Gasteiger partial charge in [0.2, 0.25) is 11.8 Å². The fourth-order valence-corrected chi connectivity index (χ4v) is 2.34. The van der Waals surface area contributed by atoms with Gasteiger partial charge in [-0.2, -0.15) is 0 Å². The molecule has 100 valence electrons. The van der Waals surface area contributed by atoms with Crippen LogP contribution in [0.25, 0.3) is 10.9 Å². The van der Waals surface area contributed by atoms with E-state index >= 15 is 0 Å². The molecule has 1 N–H and O–H groups in total. The third-order valence-electron chi connectivity index (χ3n) is 3.37. The quantitative estimate of drug-likeness (QED) is 0.648. The summed E-state index contributed by atoms with van der Waals surface area (Å²) >= 11 is 0. The van der Waals surface area contributed by atoms with Crippen molar-refractivity contribution >= 4 is 29.0 Å². The van der Waals surface area contributed by atoms with Gasteiger partial charge < -0.3 is 0 Å². The fraction of sp³-hybridized carbons (Fsp3) is 0.214. The fourth-order valence-electron chi connectivity index (χ4n) is 2.34. The summed E-state index contributed by atoms with van der Waals surface area (Å²) in [5, 5.41) is 3.13. The Labute approximate surface area is 114 Å². The van der Waals surface area contributed by atoms with Gasteiger partial charge in [0.15, 0.2) is 12.1 Å². The summed E-state index contributed by atoms with van der Waals surface area (Å²) in [7, 11) is 0. The first kappa shape index (κ1) is 12.4. The van der Waals surface area contributed by atoms with Gasteiger partial charge >= 0.3 is 0 Å². The van der Waals surface area contributed by atoms with Crippen LogP contribution in [0.2, 0.25) is 0 Å². The summed E-state index contributed by atoms with van der Waals surface area (Å²) in [6.45, 7) is 0. The molecule has 1 fully saturated rings. The van der Waals surface area contributed by atoms with Crippen LogP contribution in [0.3, 0.4) is 0 Å². The largest absolute Gasteiger partial charge is 0.296 e. The minimum atomic E-state index is -0.355. The van der Waals surface area contributed by atoms with Crippen molar-refractivity contribution < 1.29 is 14.4 Å². The maximum atomic E-state index is 11.8. The summed E-state index contributed by atoms with van der Waals surface area (Å²) in [6, 6.07) is 5.40. The number of nitrogens with zero attached hydrogens (tertiary/aromatic N) is 2. The van der Waals surface area contributed by atoms with Gasteiger partial charge in [-0.1, -0.05) is 12.1 Å². The molecule has 6 nitrogen and oxygen atoms in total. The first-order chi connectivity index (χ1) is 9.67. The van der Waals surface area contributed by atoms with Crippen molar-refractivity contribution in [2.24, 2.45) is 0 Å². The molecule has 0 spiro atoms. The molecule has 1 atom stereocenters. The van der Waals surface area contributed by atoms with Gasteiger partial charge in [0.1, 0.15) is 0 Å². The predicted octanol–water partition coefficient (Wildman–Crippen LogP) is 0.962. The number of fused-ring (bicyclic) bond motifs is 1. The molecule has 1 unspecified atom stereocenters. The summed E-state index contributed by atoms with van der Waals surface area (Å²) in [5.74, 6) is -0.771. The summed E-state index contributed by atoms with van der Waals surface area (Å²) < 4.78 is 0. The van der Waals surface area contributed by atoms with Gasteiger partial charge in [-0.25, -0.2) is 9.97 Å². The Morgan fingerprint density at radius 1 is 1.30 bits per heavy atom. The SMILES string of the molecule is O=Cc1ncc2ccc(C3CCC(=O)NC3=O)cc2n1. The average Bonchev–Trinajstić information content (AvgIpc) is 2.46. The third-order valence-corrected chi connectivity index (χ3v) is 3.37. The molecule has 0 radical (unpaired) electrons. The molecule has 2 aromatic rings. The highest BCUT2D eigenvalue weighted by Gasteiger charge is 2.27. The standard InChI is InChI=1S/C14H11N3O3/c18-7-12-15-6-9-2-1-8(5-11(9)16-12)10-3-4-13(19)17-14(10)20/h1-2,5-7,10H,3-4H2,(H,17,19,20). The number of carbonyl (C=O) groups is 3. The molecular weight excluding hydrogens is 258 g/mol. The molecule has 1 aliphatic heterocycles. The molecule has 1 saturated heterocycles. The highest BCUT2D eigenvalue weighted by Crippen LogP contribution is 2.26. The summed E-state index contributed by atoms with van der Waals surface area (Å²) in [6.07, 6.45) is 2.97. The maximum Gasteiger partial charge on any atom is 0.234 e. The van der Waals surface area contributed by atoms with E-state index < -0.39 is 0 Å². The van der Waals surface area contributed by atoms with Gasteiger partial charge in [0.05, 0.1) is 11.4 Å². The van der Waals surface area contributed by atoms with Gasteiger partial charge in [0, 0.05) is 18.0 Å². The zero-order chi connectivity index (χ0) is 14.1. The average molecular weight is 269 g/mol. The molecule has 1 aliphatic rings. The van der Waals surface area contributed by atoms with Crippen LogP contribution >= 0.6 is 0 Å². The smallest absolute Gasteiger partial charge is 0.234 e. The number of piperidine rings is 1. The van der Waals surface area contributed by atoms with Gasteiger partial charge in [-0.3, -0.25) is 19.7 Å². The normalized spacial score (nSPS) is 18.9. The lowest BCUT2D eigenvalue weighted by Crippen LogP contribution is -2.39. The van der Waals surface area contributed by atoms with Crippen LogP contribution in [-0.2, 0) is 9.59 Å². The molecule has 3 rings (SSSR count). The number of carbonyl (C=O) groups excluding carboxylic acids is 3. The number of benzene rings is 1. The second-order valence-corrected chi connectivity index (χ2v) is 4.67. The lowest BCUT2D eigenvalue weighted by Gasteiger charge is -2.21. The van der Waals surface area contributed by atoms with Crippen molar-refractivity contribution in [3.63, 3.8) is 0 Å². The van der Waals surface area contributed by atoms with E-state index in [4.69, 9.17) is 0 Å². The van der Waals surface area contributed by atoms with Crippen LogP contribution in [0, 0.1) is 0 Å². The van der Waals surface area contributed by atoms with Crippen LogP contribution in [0.4, 0.5) is 0 Å². The van der Waals surface area contributed by atoms with Crippen molar-refractivity contribution in [3.8, 4) is 0 Å². The molecule has 1 aromatic carbocycles. The molecule has 2 amide bonds. The zero-order valence-corrected chi connectivity index (χ0v) is 10.5. The molecule has 0 saturated carbocycles. The van der Waals surface area contributed by atoms with Crippen molar-refractivity contribution in [2.45, 2.75) is 18.8 Å². The van der Waals surface area contributed by atoms with E-state index in [1.54, 1.807) is 12.3 Å². The second-order valence-electron chi connectivity index (χ2n) is 4.67. The maximum absolute atomic E-state index is 11.8. The number of hydrogen-bond donors (Lipinski definition) is 1. The van der Waals surface area contributed by atoms with E-state index in [-0.39, 0.29) is 23.6 Å². The van der Waals surface area contributed by atoms with E-state index in [0.29, 0.717) is 24.6 Å². The number of aldehydes is 1. The van der Waals surface area contributed by atoms with Crippen molar-refractivity contribution in [1.82, 2.24) is 15.3 Å². The van der Waals surface area contributed by atoms with Crippen LogP contribution in [0.5, 0.6) is 0 Å². The Hall–Kier alpha value is -2.63. The van der Waals surface area contributed by atoms with Crippen LogP contribution in [-0.4, -0.2) is 28.1 Å². The van der Waals surface area contributed by atoms with Crippen molar-refractivity contribution in [1.29, 1.82) is 0 Å². The zero-order valence-electron chi connectivity index (χ0n) is 10.5. The molecule has 0 aliphatic carbocycles. The van der Waals surface area contributed by atoms with Crippen LogP contribution in [0.1, 0.15) is 34.9 Å². The molecule has 0 bridgehead atoms. The Morgan fingerprint density at radius 3 is 2.90 bits per heavy atom. The number of imide groups is 1. The number of aromatic nitrogens is 2. The monoisotopic (exact) mass is 269 g/mol. The van der Waals surface area contributed by atoms with Crippen molar-refractivity contribution in [2.75, 3.05) is 0 Å². The second kappa shape index (κ2) is 4.80. The molecule has 6 heteroatoms. The molecular formula is C14H11N3O3. The minimum Gasteiger partial charge on any atom is -0.296 e. The van der Waals surface area contributed by atoms with Gasteiger partial charge in [-0.05, 0) is 18.1 Å². The van der Waals surface area contributed by atoms with Gasteiger partial charge in [0.25, 0.3) is 0 Å². The number of amides is 2. The first-order valence-corrected chi connectivity index (χ1v) is 6.23. The summed E-state index contributed by atoms with van der Waals surface area (Å²) in [4.78, 5) is 41.7. The Morgan fingerprint density at radius 2 is 2.15 bits per heavy atom. The predicted molar refractivity (Wildman–Crippen MR) is 70.1 cm³/mol. The van der Waals surface area contributed by atoms with E-state index in [9.17, 15) is 14.4 Å². The Kier molecular flexibility index (Phi) is 2.98. The highest BCUT2D eigenvalue weighted by molar-refractivity contribution is 6.01.